The number of amides is 2. The predicted octanol–water partition coefficient (Wildman–Crippen LogP) is 5.08. The Morgan fingerprint density at radius 2 is 1.62 bits per heavy atom. The third-order valence-corrected chi connectivity index (χ3v) is 10.5. The van der Waals surface area contributed by atoms with Crippen molar-refractivity contribution in [2.45, 2.75) is 47.5 Å². The minimum Gasteiger partial charge on any atom is -0.448 e. The molecule has 0 aromatic heterocycles. The first kappa shape index (κ1) is 28.6. The van der Waals surface area contributed by atoms with Crippen LogP contribution < -0.4 is 5.32 Å². The Balaban J connectivity index is 1.07. The summed E-state index contributed by atoms with van der Waals surface area (Å²) in [5.74, 6) is -0.0266. The number of fused-ring (bicyclic) bond motifs is 1. The van der Waals surface area contributed by atoms with Crippen LogP contribution in [0.25, 0.3) is 0 Å². The Hall–Kier alpha value is -3.53. The smallest absolute Gasteiger partial charge is 0.355 e. The lowest BCUT2D eigenvalue weighted by molar-refractivity contribution is -0.151. The Kier molecular flexibility index (Phi) is 8.98. The minimum absolute atomic E-state index is 0.0764. The number of rotatable bonds is 9. The summed E-state index contributed by atoms with van der Waals surface area (Å²) in [7, 11) is 0. The Labute approximate surface area is 254 Å². The van der Waals surface area contributed by atoms with Crippen molar-refractivity contribution in [1.29, 1.82) is 0 Å². The third-order valence-electron chi connectivity index (χ3n) is 7.54. The van der Waals surface area contributed by atoms with Gasteiger partial charge in [-0.05, 0) is 29.2 Å². The van der Waals surface area contributed by atoms with Gasteiger partial charge in [0.15, 0.2) is 6.10 Å². The number of hydrogen-bond donors (Lipinski definition) is 1. The van der Waals surface area contributed by atoms with E-state index in [1.165, 1.54) is 0 Å². The van der Waals surface area contributed by atoms with E-state index < -0.39 is 12.1 Å². The van der Waals surface area contributed by atoms with Crippen LogP contribution in [0.3, 0.4) is 0 Å². The van der Waals surface area contributed by atoms with Crippen LogP contribution in [0.2, 0.25) is 0 Å². The molecule has 7 nitrogen and oxygen atoms in total. The second kappa shape index (κ2) is 13.2. The summed E-state index contributed by atoms with van der Waals surface area (Å²) >= 11 is 3.29. The summed E-state index contributed by atoms with van der Waals surface area (Å²) < 4.78 is 11.9. The van der Waals surface area contributed by atoms with Crippen LogP contribution in [0.5, 0.6) is 0 Å². The molecule has 0 bridgehead atoms. The topological polar surface area (TPSA) is 84.9 Å². The van der Waals surface area contributed by atoms with E-state index in [0.717, 1.165) is 23.1 Å². The van der Waals surface area contributed by atoms with E-state index in [2.05, 4.69) is 5.32 Å². The summed E-state index contributed by atoms with van der Waals surface area (Å²) in [6.07, 6.45) is 2.57. The normalized spacial score (nSPS) is 23.4. The Bertz CT molecular complexity index is 1400. The van der Waals surface area contributed by atoms with E-state index >= 15 is 0 Å². The summed E-state index contributed by atoms with van der Waals surface area (Å²) in [6, 6.07) is 28.9. The molecule has 2 saturated heterocycles. The number of nitrogens with zero attached hydrogens (tertiary/aromatic N) is 1. The van der Waals surface area contributed by atoms with Gasteiger partial charge in [0.1, 0.15) is 22.5 Å². The van der Waals surface area contributed by atoms with Crippen molar-refractivity contribution in [2.24, 2.45) is 0 Å². The van der Waals surface area contributed by atoms with Gasteiger partial charge < -0.3 is 14.8 Å². The van der Waals surface area contributed by atoms with Crippen LogP contribution in [0.4, 0.5) is 0 Å². The van der Waals surface area contributed by atoms with Crippen molar-refractivity contribution in [2.75, 3.05) is 12.4 Å². The lowest BCUT2D eigenvalue weighted by Gasteiger charge is -2.49. The van der Waals surface area contributed by atoms with Gasteiger partial charge in [-0.1, -0.05) is 91.0 Å². The average molecular weight is 601 g/mol. The van der Waals surface area contributed by atoms with Crippen molar-refractivity contribution in [3.63, 3.8) is 0 Å². The minimum atomic E-state index is -0.577. The van der Waals surface area contributed by atoms with Crippen LogP contribution in [0.15, 0.2) is 103 Å². The monoisotopic (exact) mass is 600 g/mol. The molecule has 3 aliphatic heterocycles. The van der Waals surface area contributed by atoms with Crippen LogP contribution in [0.1, 0.15) is 35.6 Å². The van der Waals surface area contributed by atoms with Gasteiger partial charge in [0.25, 0.3) is 0 Å². The highest BCUT2D eigenvalue weighted by atomic mass is 32.2. The van der Waals surface area contributed by atoms with Crippen molar-refractivity contribution in [3.05, 3.63) is 119 Å². The Morgan fingerprint density at radius 1 is 0.976 bits per heavy atom. The summed E-state index contributed by atoms with van der Waals surface area (Å²) in [4.78, 5) is 41.1. The van der Waals surface area contributed by atoms with Gasteiger partial charge in [-0.25, -0.2) is 4.79 Å². The van der Waals surface area contributed by atoms with Gasteiger partial charge in [-0.15, -0.1) is 23.5 Å². The highest BCUT2D eigenvalue weighted by Gasteiger charge is 2.53. The fourth-order valence-electron chi connectivity index (χ4n) is 5.45. The number of β-lactam (4-membered cyclic amide) rings is 1. The molecular weight excluding hydrogens is 569 g/mol. The van der Waals surface area contributed by atoms with Crippen molar-refractivity contribution in [3.8, 4) is 0 Å². The van der Waals surface area contributed by atoms with Gasteiger partial charge in [-0.3, -0.25) is 14.5 Å². The van der Waals surface area contributed by atoms with Gasteiger partial charge in [0, 0.05) is 17.4 Å². The fraction of sp³-hybridized carbons (Fsp3) is 0.303. The summed E-state index contributed by atoms with van der Waals surface area (Å²) in [5.41, 5.74) is 3.00. The van der Waals surface area contributed by atoms with E-state index in [4.69, 9.17) is 9.47 Å². The highest BCUT2D eigenvalue weighted by Crippen LogP contribution is 2.46. The van der Waals surface area contributed by atoms with Crippen LogP contribution in [-0.2, 0) is 30.3 Å². The Morgan fingerprint density at radius 3 is 2.29 bits per heavy atom. The molecule has 2 amide bonds. The third kappa shape index (κ3) is 6.43. The van der Waals surface area contributed by atoms with Crippen molar-refractivity contribution < 1.29 is 23.9 Å². The van der Waals surface area contributed by atoms with Crippen LogP contribution in [0, 0.1) is 0 Å². The number of carbonyl (C=O) groups is 3. The zero-order chi connectivity index (χ0) is 28.9. The first-order chi connectivity index (χ1) is 20.6. The molecule has 9 heteroatoms. The van der Waals surface area contributed by atoms with E-state index in [1.807, 2.05) is 91.0 Å². The van der Waals surface area contributed by atoms with E-state index in [1.54, 1.807) is 34.5 Å². The van der Waals surface area contributed by atoms with E-state index in [0.29, 0.717) is 30.9 Å². The number of esters is 1. The SMILES string of the molecule is O=C(Cc1ccccc1)NC1CC(SC2C(=O)N3C(C(=O)OC(c4ccccc4)c4ccccc4)=CCSC23)CCO1. The summed E-state index contributed by atoms with van der Waals surface area (Å²) in [5, 5.41) is 2.78. The molecule has 0 saturated carbocycles. The maximum Gasteiger partial charge on any atom is 0.355 e. The first-order valence-electron chi connectivity index (χ1n) is 14.1. The second-order valence-electron chi connectivity index (χ2n) is 10.4. The quantitative estimate of drug-likeness (QED) is 0.271. The molecular formula is C33H32N2O5S2. The molecule has 3 heterocycles. The number of ether oxygens (including phenoxy) is 2. The maximum absolute atomic E-state index is 13.5. The molecule has 0 aliphatic carbocycles. The first-order valence-corrected chi connectivity index (χ1v) is 16.1. The molecule has 6 rings (SSSR count). The molecule has 216 valence electrons. The molecule has 3 aliphatic rings. The van der Waals surface area contributed by atoms with Gasteiger partial charge in [0.2, 0.25) is 11.8 Å². The molecule has 2 fully saturated rings. The van der Waals surface area contributed by atoms with Gasteiger partial charge in [-0.2, -0.15) is 0 Å². The van der Waals surface area contributed by atoms with E-state index in [9.17, 15) is 14.4 Å². The zero-order valence-electron chi connectivity index (χ0n) is 23.0. The fourth-order valence-corrected chi connectivity index (χ4v) is 8.40. The second-order valence-corrected chi connectivity index (χ2v) is 13.0. The number of nitrogens with one attached hydrogen (secondary N) is 1. The van der Waals surface area contributed by atoms with Gasteiger partial charge in [0.05, 0.1) is 13.0 Å². The number of benzene rings is 3. The van der Waals surface area contributed by atoms with Crippen LogP contribution in [-0.4, -0.2) is 57.1 Å². The number of carbonyl (C=O) groups excluding carboxylic acids is 3. The van der Waals surface area contributed by atoms with Crippen molar-refractivity contribution >= 4 is 41.3 Å². The highest BCUT2D eigenvalue weighted by molar-refractivity contribution is 8.05. The van der Waals surface area contributed by atoms with Gasteiger partial charge >= 0.3 is 5.97 Å². The largest absolute Gasteiger partial charge is 0.448 e. The van der Waals surface area contributed by atoms with E-state index in [-0.39, 0.29) is 33.9 Å². The molecule has 0 radical (unpaired) electrons. The molecule has 4 atom stereocenters. The lowest BCUT2D eigenvalue weighted by Crippen LogP contribution is -2.63. The standard InChI is InChI=1S/C33H32N2O5S2/c36-27(20-22-10-4-1-5-11-22)34-28-21-25(16-18-39-28)42-30-31(37)35-26(17-19-41-32(30)35)33(38)40-29(23-12-6-2-7-13-23)24-14-8-3-9-15-24/h1-15,17,25,28-30,32H,16,18-21H2,(H,34,36). The maximum atomic E-state index is 13.5. The number of thioether (sulfide) groups is 2. The molecule has 3 aromatic carbocycles. The molecule has 42 heavy (non-hydrogen) atoms. The lowest BCUT2D eigenvalue weighted by atomic mass is 10.0. The zero-order valence-corrected chi connectivity index (χ0v) is 24.6. The number of hydrogen-bond acceptors (Lipinski definition) is 7. The average Bonchev–Trinajstić information content (AvgIpc) is 3.03. The summed E-state index contributed by atoms with van der Waals surface area (Å²) in [6.45, 7) is 0.522. The molecule has 3 aromatic rings. The molecule has 4 unspecified atom stereocenters. The molecule has 0 spiro atoms. The van der Waals surface area contributed by atoms with Crippen LogP contribution >= 0.6 is 23.5 Å². The molecule has 1 N–H and O–H groups in total. The van der Waals surface area contributed by atoms with Crippen molar-refractivity contribution in [1.82, 2.24) is 10.2 Å². The predicted molar refractivity (Wildman–Crippen MR) is 164 cm³/mol.